The van der Waals surface area contributed by atoms with Crippen molar-refractivity contribution in [3.05, 3.63) is 18.0 Å². The van der Waals surface area contributed by atoms with E-state index in [1.54, 1.807) is 0 Å². The molecule has 0 saturated carbocycles. The van der Waals surface area contributed by atoms with Crippen LogP contribution in [0, 0.1) is 0 Å². The van der Waals surface area contributed by atoms with Gasteiger partial charge >= 0.3 is 0 Å². The maximum absolute atomic E-state index is 8.85. The number of aromatic nitrogens is 4. The standard InChI is InChI=1S/C10H14N6O/c1-6(4-17)2-3-12-8-7-9(14-5-13-8)16-10(11)15-7/h2,5,17H,3-4H2,1H3,(H4,11,12,13,14,15,16). The molecule has 0 aliphatic rings. The first kappa shape index (κ1) is 11.3. The molecule has 0 unspecified atom stereocenters. The van der Waals surface area contributed by atoms with Crippen molar-refractivity contribution >= 4 is 22.9 Å². The zero-order chi connectivity index (χ0) is 12.3. The fourth-order valence-electron chi connectivity index (χ4n) is 1.37. The van der Waals surface area contributed by atoms with E-state index in [-0.39, 0.29) is 6.61 Å². The molecule has 2 heterocycles. The highest BCUT2D eigenvalue weighted by Gasteiger charge is 2.06. The largest absolute Gasteiger partial charge is 0.392 e. The lowest BCUT2D eigenvalue weighted by atomic mass is 10.3. The summed E-state index contributed by atoms with van der Waals surface area (Å²) in [6.07, 6.45) is 3.31. The molecule has 0 spiro atoms. The lowest BCUT2D eigenvalue weighted by Crippen LogP contribution is -2.03. The monoisotopic (exact) mass is 234 g/mol. The van der Waals surface area contributed by atoms with Crippen molar-refractivity contribution in [2.75, 3.05) is 24.2 Å². The Bertz CT molecular complexity index is 547. The van der Waals surface area contributed by atoms with Gasteiger partial charge in [0.2, 0.25) is 0 Å². The summed E-state index contributed by atoms with van der Waals surface area (Å²) in [6.45, 7) is 2.47. The lowest BCUT2D eigenvalue weighted by molar-refractivity contribution is 0.331. The molecule has 0 aliphatic heterocycles. The van der Waals surface area contributed by atoms with Gasteiger partial charge in [0, 0.05) is 6.54 Å². The number of aliphatic hydroxyl groups excluding tert-OH is 1. The second kappa shape index (κ2) is 4.79. The molecule has 0 amide bonds. The van der Waals surface area contributed by atoms with Gasteiger partial charge in [0.1, 0.15) is 11.8 Å². The molecule has 0 bridgehead atoms. The molecule has 5 N–H and O–H groups in total. The number of hydrogen-bond acceptors (Lipinski definition) is 6. The van der Waals surface area contributed by atoms with Crippen LogP contribution in [0.25, 0.3) is 11.2 Å². The van der Waals surface area contributed by atoms with Crippen LogP contribution in [0.5, 0.6) is 0 Å². The van der Waals surface area contributed by atoms with Gasteiger partial charge in [-0.3, -0.25) is 0 Å². The first-order valence-electron chi connectivity index (χ1n) is 5.17. The number of anilines is 2. The van der Waals surface area contributed by atoms with E-state index in [0.29, 0.717) is 29.5 Å². The van der Waals surface area contributed by atoms with Gasteiger partial charge in [-0.2, -0.15) is 4.98 Å². The summed E-state index contributed by atoms with van der Waals surface area (Å²) in [7, 11) is 0. The van der Waals surface area contributed by atoms with Gasteiger partial charge in [0.25, 0.3) is 0 Å². The topological polar surface area (TPSA) is 113 Å². The van der Waals surface area contributed by atoms with E-state index in [1.807, 2.05) is 13.0 Å². The Labute approximate surface area is 97.8 Å². The summed E-state index contributed by atoms with van der Waals surface area (Å²) >= 11 is 0. The highest BCUT2D eigenvalue weighted by Crippen LogP contribution is 2.16. The molecule has 0 aliphatic carbocycles. The number of H-pyrrole nitrogens is 1. The Morgan fingerprint density at radius 1 is 1.59 bits per heavy atom. The van der Waals surface area contributed by atoms with Crippen molar-refractivity contribution < 1.29 is 5.11 Å². The molecule has 0 radical (unpaired) electrons. The third-order valence-electron chi connectivity index (χ3n) is 2.28. The molecule has 7 nitrogen and oxygen atoms in total. The van der Waals surface area contributed by atoms with E-state index in [4.69, 9.17) is 10.8 Å². The van der Waals surface area contributed by atoms with Crippen molar-refractivity contribution in [3.8, 4) is 0 Å². The normalized spacial score (nSPS) is 12.0. The summed E-state index contributed by atoms with van der Waals surface area (Å²) in [4.78, 5) is 15.0. The second-order valence-corrected chi connectivity index (χ2v) is 3.63. The maximum atomic E-state index is 8.85. The minimum Gasteiger partial charge on any atom is -0.392 e. The van der Waals surface area contributed by atoms with Gasteiger partial charge in [-0.05, 0) is 6.92 Å². The number of nitrogens with two attached hydrogens (primary N) is 1. The Kier molecular flexibility index (Phi) is 3.20. The number of nitrogens with zero attached hydrogens (tertiary/aromatic N) is 3. The summed E-state index contributed by atoms with van der Waals surface area (Å²) in [5.74, 6) is 0.951. The van der Waals surface area contributed by atoms with Crippen molar-refractivity contribution in [1.29, 1.82) is 0 Å². The van der Waals surface area contributed by atoms with Crippen LogP contribution in [-0.2, 0) is 0 Å². The minimum absolute atomic E-state index is 0.0534. The molecule has 2 rings (SSSR count). The maximum Gasteiger partial charge on any atom is 0.200 e. The van der Waals surface area contributed by atoms with Gasteiger partial charge in [0.05, 0.1) is 6.61 Å². The first-order valence-corrected chi connectivity index (χ1v) is 5.17. The molecular weight excluding hydrogens is 220 g/mol. The van der Waals surface area contributed by atoms with Gasteiger partial charge in [-0.25, -0.2) is 9.97 Å². The van der Waals surface area contributed by atoms with Crippen LogP contribution in [0.3, 0.4) is 0 Å². The summed E-state index contributed by atoms with van der Waals surface area (Å²) in [5.41, 5.74) is 7.66. The summed E-state index contributed by atoms with van der Waals surface area (Å²) in [5, 5.41) is 12.0. The molecule has 2 aromatic rings. The SMILES string of the molecule is CC(=CCNc1ncnc2nc(N)[nH]c12)CO. The summed E-state index contributed by atoms with van der Waals surface area (Å²) in [6, 6.07) is 0. The van der Waals surface area contributed by atoms with Crippen molar-refractivity contribution in [1.82, 2.24) is 19.9 Å². The fourth-order valence-corrected chi connectivity index (χ4v) is 1.37. The Balaban J connectivity index is 2.18. The van der Waals surface area contributed by atoms with Crippen LogP contribution in [0.1, 0.15) is 6.92 Å². The number of nitrogens with one attached hydrogen (secondary N) is 2. The average molecular weight is 234 g/mol. The van der Waals surface area contributed by atoms with Crippen LogP contribution in [0.4, 0.5) is 11.8 Å². The number of aliphatic hydroxyl groups is 1. The van der Waals surface area contributed by atoms with Crippen molar-refractivity contribution in [3.63, 3.8) is 0 Å². The van der Waals surface area contributed by atoms with E-state index in [9.17, 15) is 0 Å². The predicted molar refractivity (Wildman–Crippen MR) is 65.4 cm³/mol. The Morgan fingerprint density at radius 2 is 2.41 bits per heavy atom. The number of nitrogen functional groups attached to an aromatic ring is 1. The minimum atomic E-state index is 0.0534. The van der Waals surface area contributed by atoms with Crippen molar-refractivity contribution in [2.24, 2.45) is 0 Å². The van der Waals surface area contributed by atoms with Crippen LogP contribution in [0.15, 0.2) is 18.0 Å². The molecule has 17 heavy (non-hydrogen) atoms. The molecule has 0 fully saturated rings. The van der Waals surface area contributed by atoms with E-state index in [2.05, 4.69) is 25.3 Å². The van der Waals surface area contributed by atoms with E-state index >= 15 is 0 Å². The van der Waals surface area contributed by atoms with Crippen molar-refractivity contribution in [2.45, 2.75) is 6.92 Å². The van der Waals surface area contributed by atoms with Gasteiger partial charge in [-0.1, -0.05) is 11.6 Å². The zero-order valence-corrected chi connectivity index (χ0v) is 9.44. The highest BCUT2D eigenvalue weighted by molar-refractivity contribution is 5.84. The van der Waals surface area contributed by atoms with Crippen LogP contribution in [-0.4, -0.2) is 38.2 Å². The number of rotatable bonds is 4. The van der Waals surface area contributed by atoms with E-state index < -0.39 is 0 Å². The van der Waals surface area contributed by atoms with Gasteiger partial charge in [-0.15, -0.1) is 0 Å². The molecule has 0 atom stereocenters. The molecule has 2 aromatic heterocycles. The van der Waals surface area contributed by atoms with Crippen LogP contribution in [0.2, 0.25) is 0 Å². The van der Waals surface area contributed by atoms with E-state index in [0.717, 1.165) is 5.57 Å². The Morgan fingerprint density at radius 3 is 3.18 bits per heavy atom. The first-order chi connectivity index (χ1) is 8.20. The number of fused-ring (bicyclic) bond motifs is 1. The average Bonchev–Trinajstić information content (AvgIpc) is 2.70. The molecule has 7 heteroatoms. The molecule has 0 aromatic carbocycles. The third-order valence-corrected chi connectivity index (χ3v) is 2.28. The predicted octanol–water partition coefficient (Wildman–Crippen LogP) is 0.286. The molecule has 0 saturated heterocycles. The summed E-state index contributed by atoms with van der Waals surface area (Å²) < 4.78 is 0. The molecular formula is C10H14N6O. The number of hydrogen-bond donors (Lipinski definition) is 4. The van der Waals surface area contributed by atoms with Crippen LogP contribution < -0.4 is 11.1 Å². The number of imidazole rings is 1. The second-order valence-electron chi connectivity index (χ2n) is 3.63. The van der Waals surface area contributed by atoms with Crippen LogP contribution >= 0.6 is 0 Å². The fraction of sp³-hybridized carbons (Fsp3) is 0.300. The smallest absolute Gasteiger partial charge is 0.200 e. The van der Waals surface area contributed by atoms with E-state index in [1.165, 1.54) is 6.33 Å². The third kappa shape index (κ3) is 2.51. The molecule has 90 valence electrons. The lowest BCUT2D eigenvalue weighted by Gasteiger charge is -2.03. The highest BCUT2D eigenvalue weighted by atomic mass is 16.3. The van der Waals surface area contributed by atoms with Gasteiger partial charge < -0.3 is 21.1 Å². The Hall–Kier alpha value is -2.15. The quantitative estimate of drug-likeness (QED) is 0.565. The van der Waals surface area contributed by atoms with Gasteiger partial charge in [0.15, 0.2) is 17.4 Å². The number of aromatic amines is 1. The zero-order valence-electron chi connectivity index (χ0n) is 9.44.